The standard InChI is InChI=1S/C16H15BrF3N3O4/c17-10-4-5-11(27-16(18,19)20)12-13(10)26-14(21-12)22-6-8-2-1-3-9(7-22)23(8)15(24)25/h4-5,8-9H,1-3,6-7H2,(H,24,25). The lowest BCUT2D eigenvalue weighted by atomic mass is 9.92. The van der Waals surface area contributed by atoms with Crippen molar-refractivity contribution in [1.29, 1.82) is 0 Å². The maximum atomic E-state index is 12.6. The molecule has 0 radical (unpaired) electrons. The van der Waals surface area contributed by atoms with Gasteiger partial charge in [-0.3, -0.25) is 4.90 Å². The van der Waals surface area contributed by atoms with Crippen LogP contribution in [0.1, 0.15) is 19.3 Å². The number of carboxylic acid groups (broad SMARTS) is 1. The quantitative estimate of drug-likeness (QED) is 0.739. The molecule has 146 valence electrons. The number of anilines is 1. The molecule has 1 aromatic carbocycles. The zero-order valence-electron chi connectivity index (χ0n) is 13.9. The van der Waals surface area contributed by atoms with Crippen LogP contribution >= 0.6 is 15.9 Å². The first-order valence-corrected chi connectivity index (χ1v) is 9.13. The van der Waals surface area contributed by atoms with Crippen molar-refractivity contribution in [3.8, 4) is 5.75 Å². The van der Waals surface area contributed by atoms with Gasteiger partial charge in [-0.15, -0.1) is 13.2 Å². The summed E-state index contributed by atoms with van der Waals surface area (Å²) in [6, 6.07) is 2.34. The number of amides is 1. The summed E-state index contributed by atoms with van der Waals surface area (Å²) in [5.74, 6) is -0.444. The highest BCUT2D eigenvalue weighted by Gasteiger charge is 2.41. The Kier molecular flexibility index (Phi) is 4.36. The summed E-state index contributed by atoms with van der Waals surface area (Å²) in [5, 5.41) is 9.44. The second kappa shape index (κ2) is 6.47. The van der Waals surface area contributed by atoms with Crippen molar-refractivity contribution < 1.29 is 32.2 Å². The third kappa shape index (κ3) is 3.40. The van der Waals surface area contributed by atoms with E-state index in [1.54, 1.807) is 4.90 Å². The summed E-state index contributed by atoms with van der Waals surface area (Å²) in [4.78, 5) is 19.0. The number of nitrogens with zero attached hydrogens (tertiary/aromatic N) is 3. The van der Waals surface area contributed by atoms with Gasteiger partial charge in [0.2, 0.25) is 0 Å². The summed E-state index contributed by atoms with van der Waals surface area (Å²) in [6.07, 6.45) is -3.40. The number of benzene rings is 1. The van der Waals surface area contributed by atoms with Crippen LogP contribution in [0.15, 0.2) is 21.0 Å². The third-order valence-corrected chi connectivity index (χ3v) is 5.51. The molecule has 2 aliphatic rings. The molecule has 27 heavy (non-hydrogen) atoms. The van der Waals surface area contributed by atoms with E-state index in [0.717, 1.165) is 19.3 Å². The lowest BCUT2D eigenvalue weighted by Gasteiger charge is -2.48. The summed E-state index contributed by atoms with van der Waals surface area (Å²) < 4.78 is 48.1. The summed E-state index contributed by atoms with van der Waals surface area (Å²) in [7, 11) is 0. The minimum absolute atomic E-state index is 0.0393. The molecule has 3 heterocycles. The molecule has 2 aliphatic heterocycles. The Morgan fingerprint density at radius 3 is 2.56 bits per heavy atom. The lowest BCUT2D eigenvalue weighted by Crippen LogP contribution is -2.62. The second-order valence-corrected chi connectivity index (χ2v) is 7.46. The molecule has 11 heteroatoms. The van der Waals surface area contributed by atoms with Gasteiger partial charge in [-0.05, 0) is 47.3 Å². The Balaban J connectivity index is 1.68. The van der Waals surface area contributed by atoms with E-state index >= 15 is 0 Å². The van der Waals surface area contributed by atoms with Crippen molar-refractivity contribution in [3.05, 3.63) is 16.6 Å². The van der Waals surface area contributed by atoms with Crippen LogP contribution < -0.4 is 9.64 Å². The summed E-state index contributed by atoms with van der Waals surface area (Å²) in [6.45, 7) is 0.755. The van der Waals surface area contributed by atoms with Crippen LogP contribution in [-0.4, -0.2) is 52.6 Å². The molecular formula is C16H15BrF3N3O4. The van der Waals surface area contributed by atoms with Gasteiger partial charge in [-0.25, -0.2) is 4.79 Å². The number of hydrogen-bond donors (Lipinski definition) is 1. The molecule has 1 N–H and O–H groups in total. The Hall–Kier alpha value is -2.17. The number of fused-ring (bicyclic) bond motifs is 3. The fraction of sp³-hybridized carbons (Fsp3) is 0.500. The average molecular weight is 450 g/mol. The van der Waals surface area contributed by atoms with Crippen LogP contribution in [0.4, 0.5) is 24.0 Å². The highest BCUT2D eigenvalue weighted by molar-refractivity contribution is 9.10. The number of carbonyl (C=O) groups is 1. The Morgan fingerprint density at radius 2 is 1.96 bits per heavy atom. The number of piperidine rings is 1. The van der Waals surface area contributed by atoms with Crippen LogP contribution in [0.5, 0.6) is 5.75 Å². The molecule has 0 saturated carbocycles. The van der Waals surface area contributed by atoms with Gasteiger partial charge in [0.15, 0.2) is 16.8 Å². The Labute approximate surface area is 159 Å². The van der Waals surface area contributed by atoms with Crippen molar-refractivity contribution in [1.82, 2.24) is 9.88 Å². The predicted molar refractivity (Wildman–Crippen MR) is 91.9 cm³/mol. The second-order valence-electron chi connectivity index (χ2n) is 6.60. The van der Waals surface area contributed by atoms with Crippen molar-refractivity contribution in [2.24, 2.45) is 0 Å². The van der Waals surface area contributed by atoms with Crippen molar-refractivity contribution in [2.45, 2.75) is 37.7 Å². The van der Waals surface area contributed by atoms with Crippen molar-refractivity contribution in [3.63, 3.8) is 0 Å². The fourth-order valence-corrected chi connectivity index (χ4v) is 4.26. The first-order valence-electron chi connectivity index (χ1n) is 8.34. The van der Waals surface area contributed by atoms with Gasteiger partial charge in [0.25, 0.3) is 6.01 Å². The van der Waals surface area contributed by atoms with Crippen LogP contribution in [0.3, 0.4) is 0 Å². The number of aromatic nitrogens is 1. The zero-order chi connectivity index (χ0) is 19.3. The van der Waals surface area contributed by atoms with Gasteiger partial charge in [0.05, 0.1) is 16.6 Å². The molecule has 0 spiro atoms. The molecule has 2 bridgehead atoms. The molecule has 1 aromatic heterocycles. The summed E-state index contributed by atoms with van der Waals surface area (Å²) >= 11 is 3.25. The number of piperazine rings is 1. The average Bonchev–Trinajstić information content (AvgIpc) is 3.01. The van der Waals surface area contributed by atoms with Gasteiger partial charge in [-0.1, -0.05) is 0 Å². The largest absolute Gasteiger partial charge is 0.573 e. The normalized spacial score (nSPS) is 23.0. The van der Waals surface area contributed by atoms with Gasteiger partial charge in [-0.2, -0.15) is 4.98 Å². The van der Waals surface area contributed by atoms with E-state index in [4.69, 9.17) is 4.42 Å². The van der Waals surface area contributed by atoms with E-state index in [9.17, 15) is 23.1 Å². The zero-order valence-corrected chi connectivity index (χ0v) is 15.5. The van der Waals surface area contributed by atoms with Crippen molar-refractivity contribution >= 4 is 39.1 Å². The van der Waals surface area contributed by atoms with E-state index in [0.29, 0.717) is 17.6 Å². The van der Waals surface area contributed by atoms with Gasteiger partial charge >= 0.3 is 12.5 Å². The molecule has 2 fully saturated rings. The fourth-order valence-electron chi connectivity index (χ4n) is 3.86. The number of ether oxygens (including phenoxy) is 1. The molecule has 7 nitrogen and oxygen atoms in total. The molecule has 4 rings (SSSR count). The highest BCUT2D eigenvalue weighted by atomic mass is 79.9. The number of rotatable bonds is 2. The van der Waals surface area contributed by atoms with E-state index < -0.39 is 18.2 Å². The maximum Gasteiger partial charge on any atom is 0.573 e. The SMILES string of the molecule is O=C(O)N1C2CCCC1CN(c1nc3c(OC(F)(F)F)ccc(Br)c3o1)C2. The first-order chi connectivity index (χ1) is 12.7. The Bertz CT molecular complexity index is 874. The number of oxazole rings is 1. The molecule has 2 unspecified atom stereocenters. The molecule has 0 aliphatic carbocycles. The van der Waals surface area contributed by atoms with Crippen LogP contribution in [0.25, 0.3) is 11.1 Å². The van der Waals surface area contributed by atoms with Gasteiger partial charge in [0, 0.05) is 13.1 Å². The highest BCUT2D eigenvalue weighted by Crippen LogP contribution is 2.38. The number of halogens is 4. The third-order valence-electron chi connectivity index (χ3n) is 4.89. The van der Waals surface area contributed by atoms with E-state index in [1.165, 1.54) is 17.0 Å². The van der Waals surface area contributed by atoms with Crippen LogP contribution in [0.2, 0.25) is 0 Å². The lowest BCUT2D eigenvalue weighted by molar-refractivity contribution is -0.274. The monoisotopic (exact) mass is 449 g/mol. The molecule has 2 aromatic rings. The number of alkyl halides is 3. The molecule has 2 atom stereocenters. The molecule has 2 saturated heterocycles. The van der Waals surface area contributed by atoms with Gasteiger partial charge in [0.1, 0.15) is 0 Å². The van der Waals surface area contributed by atoms with Gasteiger partial charge < -0.3 is 19.2 Å². The number of hydrogen-bond acceptors (Lipinski definition) is 5. The maximum absolute atomic E-state index is 12.6. The predicted octanol–water partition coefficient (Wildman–Crippen LogP) is 4.21. The van der Waals surface area contributed by atoms with Crippen molar-refractivity contribution in [2.75, 3.05) is 18.0 Å². The molecule has 1 amide bonds. The van der Waals surface area contributed by atoms with Crippen LogP contribution in [0, 0.1) is 0 Å². The minimum atomic E-state index is -4.84. The van der Waals surface area contributed by atoms with E-state index in [2.05, 4.69) is 25.7 Å². The molecular weight excluding hydrogens is 435 g/mol. The minimum Gasteiger partial charge on any atom is -0.465 e. The van der Waals surface area contributed by atoms with Crippen LogP contribution in [-0.2, 0) is 0 Å². The van der Waals surface area contributed by atoms with E-state index in [1.807, 2.05) is 0 Å². The smallest absolute Gasteiger partial charge is 0.465 e. The topological polar surface area (TPSA) is 79.0 Å². The summed E-state index contributed by atoms with van der Waals surface area (Å²) in [5.41, 5.74) is 0.111. The first kappa shape index (κ1) is 18.2. The Morgan fingerprint density at radius 1 is 1.30 bits per heavy atom. The van der Waals surface area contributed by atoms with E-state index in [-0.39, 0.29) is 29.2 Å².